The molecule has 0 unspecified atom stereocenters. The van der Waals surface area contributed by atoms with Crippen molar-refractivity contribution in [2.24, 2.45) is 7.05 Å². The van der Waals surface area contributed by atoms with Gasteiger partial charge in [0.15, 0.2) is 0 Å². The molecular formula is C15H22N4O. The molecule has 0 aliphatic heterocycles. The van der Waals surface area contributed by atoms with Gasteiger partial charge in [0, 0.05) is 56.3 Å². The molecule has 2 aromatic rings. The van der Waals surface area contributed by atoms with Gasteiger partial charge in [-0.15, -0.1) is 0 Å². The van der Waals surface area contributed by atoms with E-state index in [-0.39, 0.29) is 0 Å². The summed E-state index contributed by atoms with van der Waals surface area (Å²) in [6, 6.07) is 0. The van der Waals surface area contributed by atoms with Crippen LogP contribution in [0.25, 0.3) is 0 Å². The molecule has 0 saturated carbocycles. The first-order valence-electron chi connectivity index (χ1n) is 6.79. The minimum Gasteiger partial charge on any atom is -0.496 e. The summed E-state index contributed by atoms with van der Waals surface area (Å²) in [6.45, 7) is 5.68. The van der Waals surface area contributed by atoms with Gasteiger partial charge >= 0.3 is 0 Å². The van der Waals surface area contributed by atoms with Crippen LogP contribution in [0.3, 0.4) is 0 Å². The highest BCUT2D eigenvalue weighted by Gasteiger charge is 2.09. The van der Waals surface area contributed by atoms with Crippen LogP contribution in [-0.4, -0.2) is 28.2 Å². The number of hydrogen-bond donors (Lipinski definition) is 1. The first kappa shape index (κ1) is 14.5. The van der Waals surface area contributed by atoms with E-state index in [0.29, 0.717) is 0 Å². The van der Waals surface area contributed by atoms with Crippen molar-refractivity contribution in [3.63, 3.8) is 0 Å². The Morgan fingerprint density at radius 3 is 2.75 bits per heavy atom. The number of imidazole rings is 1. The third-order valence-electron chi connectivity index (χ3n) is 3.49. The summed E-state index contributed by atoms with van der Waals surface area (Å²) in [5.41, 5.74) is 3.21. The Bertz CT molecular complexity index is 577. The van der Waals surface area contributed by atoms with Gasteiger partial charge in [0.25, 0.3) is 0 Å². The molecule has 0 bridgehead atoms. The Hall–Kier alpha value is -1.88. The van der Waals surface area contributed by atoms with Crippen molar-refractivity contribution in [1.82, 2.24) is 19.9 Å². The first-order chi connectivity index (χ1) is 9.63. The molecule has 0 amide bonds. The number of hydrogen-bond acceptors (Lipinski definition) is 4. The smallest absolute Gasteiger partial charge is 0.128 e. The van der Waals surface area contributed by atoms with Crippen molar-refractivity contribution in [1.29, 1.82) is 0 Å². The van der Waals surface area contributed by atoms with E-state index in [4.69, 9.17) is 4.74 Å². The van der Waals surface area contributed by atoms with Gasteiger partial charge in [0.05, 0.1) is 12.8 Å². The van der Waals surface area contributed by atoms with Crippen LogP contribution in [0.15, 0.2) is 18.6 Å². The van der Waals surface area contributed by atoms with E-state index in [9.17, 15) is 0 Å². The Balaban J connectivity index is 1.90. The second-order valence-corrected chi connectivity index (χ2v) is 4.93. The fraction of sp³-hybridized carbons (Fsp3) is 0.467. The molecule has 0 saturated heterocycles. The summed E-state index contributed by atoms with van der Waals surface area (Å²) in [5, 5.41) is 3.41. The van der Waals surface area contributed by atoms with Gasteiger partial charge in [-0.25, -0.2) is 4.98 Å². The number of rotatable bonds is 6. The predicted octanol–water partition coefficient (Wildman–Crippen LogP) is 1.77. The maximum atomic E-state index is 5.42. The van der Waals surface area contributed by atoms with E-state index in [1.807, 2.05) is 37.1 Å². The van der Waals surface area contributed by atoms with Crippen LogP contribution in [0.5, 0.6) is 5.75 Å². The maximum absolute atomic E-state index is 5.42. The summed E-state index contributed by atoms with van der Waals surface area (Å²) >= 11 is 0. The third-order valence-corrected chi connectivity index (χ3v) is 3.49. The van der Waals surface area contributed by atoms with Crippen LogP contribution < -0.4 is 10.1 Å². The molecule has 0 spiro atoms. The van der Waals surface area contributed by atoms with Crippen molar-refractivity contribution in [3.05, 3.63) is 41.2 Å². The molecule has 5 nitrogen and oxygen atoms in total. The van der Waals surface area contributed by atoms with Crippen molar-refractivity contribution in [3.8, 4) is 5.75 Å². The maximum Gasteiger partial charge on any atom is 0.128 e. The number of aryl methyl sites for hydroxylation is 2. The molecule has 0 fully saturated rings. The molecule has 0 radical (unpaired) electrons. The zero-order valence-corrected chi connectivity index (χ0v) is 12.6. The van der Waals surface area contributed by atoms with E-state index in [1.165, 1.54) is 0 Å². The SMILES string of the molecule is COc1c(C)cnc(CNCCc2nccn2C)c1C. The highest BCUT2D eigenvalue weighted by atomic mass is 16.5. The quantitative estimate of drug-likeness (QED) is 0.816. The lowest BCUT2D eigenvalue weighted by molar-refractivity contribution is 0.406. The third kappa shape index (κ3) is 3.17. The molecule has 0 atom stereocenters. The summed E-state index contributed by atoms with van der Waals surface area (Å²) in [7, 11) is 3.71. The number of nitrogens with zero attached hydrogens (tertiary/aromatic N) is 3. The van der Waals surface area contributed by atoms with Crippen LogP contribution in [0.1, 0.15) is 22.6 Å². The lowest BCUT2D eigenvalue weighted by Crippen LogP contribution is -2.19. The van der Waals surface area contributed by atoms with Gasteiger partial charge in [-0.3, -0.25) is 4.98 Å². The molecule has 0 aliphatic rings. The summed E-state index contributed by atoms with van der Waals surface area (Å²) < 4.78 is 7.46. The van der Waals surface area contributed by atoms with Crippen molar-refractivity contribution < 1.29 is 4.74 Å². The monoisotopic (exact) mass is 274 g/mol. The van der Waals surface area contributed by atoms with Gasteiger partial charge < -0.3 is 14.6 Å². The van der Waals surface area contributed by atoms with Gasteiger partial charge in [0.1, 0.15) is 11.6 Å². The van der Waals surface area contributed by atoms with Gasteiger partial charge in [-0.1, -0.05) is 0 Å². The molecule has 108 valence electrons. The first-order valence-corrected chi connectivity index (χ1v) is 6.79. The normalized spacial score (nSPS) is 10.8. The van der Waals surface area contributed by atoms with Gasteiger partial charge in [0.2, 0.25) is 0 Å². The highest BCUT2D eigenvalue weighted by Crippen LogP contribution is 2.23. The molecule has 2 rings (SSSR count). The zero-order valence-electron chi connectivity index (χ0n) is 12.6. The van der Waals surface area contributed by atoms with Crippen LogP contribution in [0, 0.1) is 13.8 Å². The predicted molar refractivity (Wildman–Crippen MR) is 78.9 cm³/mol. The molecule has 20 heavy (non-hydrogen) atoms. The van der Waals surface area contributed by atoms with Gasteiger partial charge in [-0.2, -0.15) is 0 Å². The Labute approximate surface area is 120 Å². The molecule has 0 aromatic carbocycles. The van der Waals surface area contributed by atoms with Crippen molar-refractivity contribution in [2.45, 2.75) is 26.8 Å². The fourth-order valence-electron chi connectivity index (χ4n) is 2.29. The number of pyridine rings is 1. The van der Waals surface area contributed by atoms with Crippen LogP contribution in [0.2, 0.25) is 0 Å². The zero-order chi connectivity index (χ0) is 14.5. The van der Waals surface area contributed by atoms with E-state index in [2.05, 4.69) is 22.2 Å². The molecule has 2 aromatic heterocycles. The van der Waals surface area contributed by atoms with Gasteiger partial charge in [-0.05, 0) is 13.8 Å². The number of methoxy groups -OCH3 is 1. The van der Waals surface area contributed by atoms with Crippen LogP contribution in [-0.2, 0) is 20.0 Å². The van der Waals surface area contributed by atoms with Crippen LogP contribution in [0.4, 0.5) is 0 Å². The average Bonchev–Trinajstić information content (AvgIpc) is 2.83. The number of ether oxygens (including phenoxy) is 1. The molecule has 2 heterocycles. The van der Waals surface area contributed by atoms with E-state index in [1.54, 1.807) is 7.11 Å². The Kier molecular flexibility index (Phi) is 4.74. The molecule has 5 heteroatoms. The largest absolute Gasteiger partial charge is 0.496 e. The molecular weight excluding hydrogens is 252 g/mol. The minimum absolute atomic E-state index is 0.743. The van der Waals surface area contributed by atoms with Crippen LogP contribution >= 0.6 is 0 Å². The van der Waals surface area contributed by atoms with Crippen molar-refractivity contribution in [2.75, 3.05) is 13.7 Å². The number of aromatic nitrogens is 3. The summed E-state index contributed by atoms with van der Waals surface area (Å²) in [6.07, 6.45) is 6.56. The number of nitrogens with one attached hydrogen (secondary N) is 1. The highest BCUT2D eigenvalue weighted by molar-refractivity contribution is 5.40. The molecule has 1 N–H and O–H groups in total. The van der Waals surface area contributed by atoms with E-state index >= 15 is 0 Å². The second kappa shape index (κ2) is 6.52. The Morgan fingerprint density at radius 1 is 1.30 bits per heavy atom. The van der Waals surface area contributed by atoms with E-state index in [0.717, 1.165) is 47.9 Å². The summed E-state index contributed by atoms with van der Waals surface area (Å²) in [5.74, 6) is 2.02. The topological polar surface area (TPSA) is 52.0 Å². The Morgan fingerprint density at radius 2 is 2.10 bits per heavy atom. The molecule has 0 aliphatic carbocycles. The average molecular weight is 274 g/mol. The lowest BCUT2D eigenvalue weighted by atomic mass is 10.1. The fourth-order valence-corrected chi connectivity index (χ4v) is 2.29. The summed E-state index contributed by atoms with van der Waals surface area (Å²) in [4.78, 5) is 8.78. The lowest BCUT2D eigenvalue weighted by Gasteiger charge is -2.12. The minimum atomic E-state index is 0.743. The second-order valence-electron chi connectivity index (χ2n) is 4.93. The van der Waals surface area contributed by atoms with Crippen molar-refractivity contribution >= 4 is 0 Å². The standard InChI is InChI=1S/C15H22N4O/c1-11-9-18-13(12(2)15(11)20-4)10-16-6-5-14-17-7-8-19(14)3/h7-9,16H,5-6,10H2,1-4H3. The van der Waals surface area contributed by atoms with E-state index < -0.39 is 0 Å².